The molecule has 0 N–H and O–H groups in total. The van der Waals surface area contributed by atoms with E-state index >= 15 is 0 Å². The standard InChI is InChI=1S/C11H21NO2/c1-5-7-8-10(9-12(3)4)11(13)14-6-2/h9H,5-8H2,1-4H3/b10-9+. The van der Waals surface area contributed by atoms with Crippen molar-refractivity contribution in [1.82, 2.24) is 4.90 Å². The van der Waals surface area contributed by atoms with E-state index in [1.807, 2.05) is 32.1 Å². The molecule has 0 atom stereocenters. The van der Waals surface area contributed by atoms with Crippen molar-refractivity contribution in [1.29, 1.82) is 0 Å². The highest BCUT2D eigenvalue weighted by molar-refractivity contribution is 5.88. The topological polar surface area (TPSA) is 29.5 Å². The monoisotopic (exact) mass is 199 g/mol. The molecule has 0 bridgehead atoms. The van der Waals surface area contributed by atoms with Crippen LogP contribution in [0.2, 0.25) is 0 Å². The van der Waals surface area contributed by atoms with Crippen molar-refractivity contribution >= 4 is 5.97 Å². The molecular formula is C11H21NO2. The van der Waals surface area contributed by atoms with Crippen LogP contribution in [0.1, 0.15) is 33.1 Å². The third kappa shape index (κ3) is 5.62. The van der Waals surface area contributed by atoms with Gasteiger partial charge in [-0.05, 0) is 19.8 Å². The number of hydrogen-bond acceptors (Lipinski definition) is 3. The quantitative estimate of drug-likeness (QED) is 0.485. The van der Waals surface area contributed by atoms with Crippen LogP contribution in [-0.2, 0) is 9.53 Å². The second-order valence-corrected chi connectivity index (χ2v) is 3.44. The molecular weight excluding hydrogens is 178 g/mol. The molecule has 0 saturated heterocycles. The zero-order valence-electron chi connectivity index (χ0n) is 9.67. The second-order valence-electron chi connectivity index (χ2n) is 3.44. The Morgan fingerprint density at radius 3 is 2.43 bits per heavy atom. The first kappa shape index (κ1) is 13.0. The van der Waals surface area contributed by atoms with E-state index in [-0.39, 0.29) is 5.97 Å². The van der Waals surface area contributed by atoms with Gasteiger partial charge in [-0.2, -0.15) is 0 Å². The molecule has 3 nitrogen and oxygen atoms in total. The molecule has 0 unspecified atom stereocenters. The normalized spacial score (nSPS) is 11.3. The first-order valence-electron chi connectivity index (χ1n) is 5.16. The number of carbonyl (C=O) groups is 1. The Labute approximate surface area is 86.7 Å². The van der Waals surface area contributed by atoms with Gasteiger partial charge in [-0.25, -0.2) is 4.79 Å². The maximum atomic E-state index is 11.5. The number of ether oxygens (including phenoxy) is 1. The van der Waals surface area contributed by atoms with Gasteiger partial charge in [0, 0.05) is 20.3 Å². The molecule has 0 rings (SSSR count). The summed E-state index contributed by atoms with van der Waals surface area (Å²) in [7, 11) is 3.82. The van der Waals surface area contributed by atoms with E-state index in [0.717, 1.165) is 24.8 Å². The van der Waals surface area contributed by atoms with Crippen molar-refractivity contribution in [2.45, 2.75) is 33.1 Å². The van der Waals surface area contributed by atoms with Gasteiger partial charge in [-0.3, -0.25) is 0 Å². The van der Waals surface area contributed by atoms with Gasteiger partial charge >= 0.3 is 5.97 Å². The van der Waals surface area contributed by atoms with Gasteiger partial charge in [0.2, 0.25) is 0 Å². The minimum Gasteiger partial charge on any atom is -0.463 e. The lowest BCUT2D eigenvalue weighted by atomic mass is 10.1. The summed E-state index contributed by atoms with van der Waals surface area (Å²) in [6.07, 6.45) is 4.75. The van der Waals surface area contributed by atoms with Crippen LogP contribution in [0.25, 0.3) is 0 Å². The third-order valence-electron chi connectivity index (χ3n) is 1.75. The molecule has 0 fully saturated rings. The van der Waals surface area contributed by atoms with Crippen molar-refractivity contribution in [2.75, 3.05) is 20.7 Å². The number of rotatable bonds is 6. The van der Waals surface area contributed by atoms with Gasteiger partial charge in [-0.1, -0.05) is 13.3 Å². The molecule has 0 saturated carbocycles. The lowest BCUT2D eigenvalue weighted by molar-refractivity contribution is -0.138. The molecule has 0 radical (unpaired) electrons. The molecule has 0 aromatic carbocycles. The van der Waals surface area contributed by atoms with Gasteiger partial charge in [-0.15, -0.1) is 0 Å². The molecule has 0 aliphatic heterocycles. The Balaban J connectivity index is 4.30. The summed E-state index contributed by atoms with van der Waals surface area (Å²) in [5, 5.41) is 0. The Hall–Kier alpha value is -0.990. The van der Waals surface area contributed by atoms with Gasteiger partial charge in [0.1, 0.15) is 0 Å². The van der Waals surface area contributed by atoms with E-state index in [4.69, 9.17) is 4.74 Å². The van der Waals surface area contributed by atoms with Crippen LogP contribution in [-0.4, -0.2) is 31.6 Å². The van der Waals surface area contributed by atoms with Gasteiger partial charge in [0.05, 0.1) is 12.2 Å². The van der Waals surface area contributed by atoms with E-state index in [9.17, 15) is 4.79 Å². The summed E-state index contributed by atoms with van der Waals surface area (Å²) in [5.41, 5.74) is 0.763. The first-order valence-corrected chi connectivity index (χ1v) is 5.16. The molecule has 0 aromatic rings. The summed E-state index contributed by atoms with van der Waals surface area (Å²) >= 11 is 0. The van der Waals surface area contributed by atoms with Crippen molar-refractivity contribution < 1.29 is 9.53 Å². The minimum absolute atomic E-state index is 0.186. The maximum Gasteiger partial charge on any atom is 0.335 e. The van der Waals surface area contributed by atoms with Crippen LogP contribution in [0.3, 0.4) is 0 Å². The average Bonchev–Trinajstić information content (AvgIpc) is 2.12. The molecule has 0 spiro atoms. The zero-order valence-corrected chi connectivity index (χ0v) is 9.67. The summed E-state index contributed by atoms with van der Waals surface area (Å²) in [6, 6.07) is 0. The second kappa shape index (κ2) is 7.42. The predicted molar refractivity (Wildman–Crippen MR) is 57.9 cm³/mol. The number of nitrogens with zero attached hydrogens (tertiary/aromatic N) is 1. The third-order valence-corrected chi connectivity index (χ3v) is 1.75. The van der Waals surface area contributed by atoms with Crippen LogP contribution in [0, 0.1) is 0 Å². The fraction of sp³-hybridized carbons (Fsp3) is 0.727. The van der Waals surface area contributed by atoms with Crippen molar-refractivity contribution in [3.63, 3.8) is 0 Å². The molecule has 0 aromatic heterocycles. The summed E-state index contributed by atoms with van der Waals surface area (Å²) in [4.78, 5) is 13.3. The largest absolute Gasteiger partial charge is 0.463 e. The van der Waals surface area contributed by atoms with Crippen LogP contribution in [0.15, 0.2) is 11.8 Å². The van der Waals surface area contributed by atoms with E-state index in [2.05, 4.69) is 6.92 Å². The van der Waals surface area contributed by atoms with Crippen molar-refractivity contribution in [3.8, 4) is 0 Å². The van der Waals surface area contributed by atoms with Gasteiger partial charge in [0.15, 0.2) is 0 Å². The maximum absolute atomic E-state index is 11.5. The fourth-order valence-electron chi connectivity index (χ4n) is 1.12. The SMILES string of the molecule is CCCC/C(=C\N(C)C)C(=O)OCC. The summed E-state index contributed by atoms with van der Waals surface area (Å²) in [5.74, 6) is -0.186. The first-order chi connectivity index (χ1) is 6.61. The highest BCUT2D eigenvalue weighted by atomic mass is 16.5. The average molecular weight is 199 g/mol. The molecule has 0 aliphatic carbocycles. The van der Waals surface area contributed by atoms with E-state index < -0.39 is 0 Å². The Kier molecular flexibility index (Phi) is 6.89. The van der Waals surface area contributed by atoms with Crippen molar-refractivity contribution in [2.24, 2.45) is 0 Å². The molecule has 0 heterocycles. The minimum atomic E-state index is -0.186. The highest BCUT2D eigenvalue weighted by Gasteiger charge is 2.09. The van der Waals surface area contributed by atoms with Crippen molar-refractivity contribution in [3.05, 3.63) is 11.8 Å². The smallest absolute Gasteiger partial charge is 0.335 e. The molecule has 0 aliphatic rings. The zero-order chi connectivity index (χ0) is 11.0. The van der Waals surface area contributed by atoms with E-state index in [1.165, 1.54) is 0 Å². The number of unbranched alkanes of at least 4 members (excludes halogenated alkanes) is 1. The predicted octanol–water partition coefficient (Wildman–Crippen LogP) is 2.19. The number of hydrogen-bond donors (Lipinski definition) is 0. The van der Waals surface area contributed by atoms with E-state index in [1.54, 1.807) is 0 Å². The van der Waals surface area contributed by atoms with Crippen LogP contribution in [0.5, 0.6) is 0 Å². The fourth-order valence-corrected chi connectivity index (χ4v) is 1.12. The number of carbonyl (C=O) groups excluding carboxylic acids is 1. The lowest BCUT2D eigenvalue weighted by Crippen LogP contribution is -2.12. The molecule has 3 heteroatoms. The van der Waals surface area contributed by atoms with Gasteiger partial charge in [0.25, 0.3) is 0 Å². The van der Waals surface area contributed by atoms with Crippen LogP contribution < -0.4 is 0 Å². The Morgan fingerprint density at radius 1 is 1.36 bits per heavy atom. The van der Waals surface area contributed by atoms with Crippen LogP contribution in [0.4, 0.5) is 0 Å². The molecule has 0 amide bonds. The Bertz CT molecular complexity index is 197. The molecule has 82 valence electrons. The summed E-state index contributed by atoms with van der Waals surface area (Å²) in [6.45, 7) is 4.37. The molecule has 14 heavy (non-hydrogen) atoms. The lowest BCUT2D eigenvalue weighted by Gasteiger charge is -2.10. The summed E-state index contributed by atoms with van der Waals surface area (Å²) < 4.78 is 4.97. The van der Waals surface area contributed by atoms with Gasteiger partial charge < -0.3 is 9.64 Å². The van der Waals surface area contributed by atoms with E-state index in [0.29, 0.717) is 6.61 Å². The van der Waals surface area contributed by atoms with Crippen LogP contribution >= 0.6 is 0 Å². The Morgan fingerprint density at radius 2 is 2.00 bits per heavy atom. The number of esters is 1. The highest BCUT2D eigenvalue weighted by Crippen LogP contribution is 2.09.